The third kappa shape index (κ3) is 2.17. The van der Waals surface area contributed by atoms with Crippen molar-refractivity contribution < 1.29 is 18.3 Å². The standard InChI is InChI=1S/C12H20N2O4S/c15-12(16)11-3-1-2-6-13(11)19(17,18)14-8-9-4-5-10(14)7-9/h9-11H,1-8H2,(H,15,16). The summed E-state index contributed by atoms with van der Waals surface area (Å²) in [6.45, 7) is 0.920. The van der Waals surface area contributed by atoms with E-state index >= 15 is 0 Å². The summed E-state index contributed by atoms with van der Waals surface area (Å²) < 4.78 is 28.1. The van der Waals surface area contributed by atoms with Crippen molar-refractivity contribution in [3.8, 4) is 0 Å². The van der Waals surface area contributed by atoms with Gasteiger partial charge >= 0.3 is 5.97 Å². The third-order valence-electron chi connectivity index (χ3n) is 4.69. The zero-order chi connectivity index (χ0) is 13.6. The van der Waals surface area contributed by atoms with Crippen LogP contribution in [0.25, 0.3) is 0 Å². The van der Waals surface area contributed by atoms with Crippen molar-refractivity contribution in [3.05, 3.63) is 0 Å². The molecule has 0 aromatic carbocycles. The van der Waals surface area contributed by atoms with Gasteiger partial charge in [-0.15, -0.1) is 0 Å². The van der Waals surface area contributed by atoms with E-state index in [1.807, 2.05) is 0 Å². The van der Waals surface area contributed by atoms with Crippen LogP contribution in [0, 0.1) is 5.92 Å². The van der Waals surface area contributed by atoms with Crippen LogP contribution in [0.4, 0.5) is 0 Å². The summed E-state index contributed by atoms with van der Waals surface area (Å²) >= 11 is 0. The lowest BCUT2D eigenvalue weighted by Gasteiger charge is -2.37. The molecular formula is C12H20N2O4S. The fraction of sp³-hybridized carbons (Fsp3) is 0.917. The maximum atomic E-state index is 12.7. The van der Waals surface area contributed by atoms with Crippen molar-refractivity contribution in [1.29, 1.82) is 0 Å². The quantitative estimate of drug-likeness (QED) is 0.827. The third-order valence-corrected chi connectivity index (χ3v) is 6.76. The molecule has 0 radical (unpaired) electrons. The molecule has 2 saturated heterocycles. The van der Waals surface area contributed by atoms with E-state index in [0.717, 1.165) is 32.1 Å². The Morgan fingerprint density at radius 3 is 2.47 bits per heavy atom. The zero-order valence-electron chi connectivity index (χ0n) is 10.9. The van der Waals surface area contributed by atoms with Crippen LogP contribution in [-0.2, 0) is 15.0 Å². The first-order valence-electron chi connectivity index (χ1n) is 7.01. The average Bonchev–Trinajstić information content (AvgIpc) is 3.01. The highest BCUT2D eigenvalue weighted by atomic mass is 32.2. The van der Waals surface area contributed by atoms with Gasteiger partial charge < -0.3 is 5.11 Å². The lowest BCUT2D eigenvalue weighted by atomic mass is 10.1. The molecule has 2 aliphatic heterocycles. The molecule has 3 fully saturated rings. The van der Waals surface area contributed by atoms with Gasteiger partial charge in [0.25, 0.3) is 10.2 Å². The minimum atomic E-state index is -3.60. The Balaban J connectivity index is 1.84. The molecule has 2 heterocycles. The van der Waals surface area contributed by atoms with Gasteiger partial charge in [-0.25, -0.2) is 0 Å². The van der Waals surface area contributed by atoms with E-state index in [1.165, 1.54) is 4.31 Å². The molecule has 3 atom stereocenters. The molecule has 3 rings (SSSR count). The number of fused-ring (bicyclic) bond motifs is 2. The van der Waals surface area contributed by atoms with Gasteiger partial charge in [0.05, 0.1) is 0 Å². The number of hydrogen-bond acceptors (Lipinski definition) is 3. The van der Waals surface area contributed by atoms with Crippen molar-refractivity contribution in [3.63, 3.8) is 0 Å². The van der Waals surface area contributed by atoms with Gasteiger partial charge in [-0.3, -0.25) is 4.79 Å². The van der Waals surface area contributed by atoms with E-state index in [0.29, 0.717) is 25.4 Å². The summed E-state index contributed by atoms with van der Waals surface area (Å²) in [5, 5.41) is 9.22. The van der Waals surface area contributed by atoms with Crippen LogP contribution >= 0.6 is 0 Å². The first-order valence-corrected chi connectivity index (χ1v) is 8.41. The van der Waals surface area contributed by atoms with Gasteiger partial charge in [-0.2, -0.15) is 17.0 Å². The minimum Gasteiger partial charge on any atom is -0.480 e. The molecule has 0 spiro atoms. The second kappa shape index (κ2) is 4.71. The average molecular weight is 288 g/mol. The number of piperidine rings is 2. The van der Waals surface area contributed by atoms with Crippen LogP contribution < -0.4 is 0 Å². The van der Waals surface area contributed by atoms with Crippen LogP contribution in [0.15, 0.2) is 0 Å². The van der Waals surface area contributed by atoms with Crippen LogP contribution in [0.5, 0.6) is 0 Å². The molecule has 19 heavy (non-hydrogen) atoms. The maximum Gasteiger partial charge on any atom is 0.322 e. The van der Waals surface area contributed by atoms with E-state index < -0.39 is 22.2 Å². The molecule has 0 amide bonds. The second-order valence-corrected chi connectivity index (χ2v) is 7.70. The second-order valence-electron chi connectivity index (χ2n) is 5.87. The molecule has 2 bridgehead atoms. The van der Waals surface area contributed by atoms with Crippen molar-refractivity contribution in [2.75, 3.05) is 13.1 Å². The van der Waals surface area contributed by atoms with Crippen LogP contribution in [0.1, 0.15) is 38.5 Å². The van der Waals surface area contributed by atoms with Crippen molar-refractivity contribution in [1.82, 2.24) is 8.61 Å². The molecule has 1 saturated carbocycles. The van der Waals surface area contributed by atoms with Crippen molar-refractivity contribution in [2.24, 2.45) is 5.92 Å². The summed E-state index contributed by atoms with van der Waals surface area (Å²) in [6.07, 6.45) is 4.95. The lowest BCUT2D eigenvalue weighted by Crippen LogP contribution is -2.54. The predicted octanol–water partition coefficient (Wildman–Crippen LogP) is 0.655. The Kier molecular flexibility index (Phi) is 3.31. The summed E-state index contributed by atoms with van der Waals surface area (Å²) in [5.74, 6) is -0.541. The molecule has 0 aromatic heterocycles. The fourth-order valence-electron chi connectivity index (χ4n) is 3.72. The molecule has 108 valence electrons. The van der Waals surface area contributed by atoms with E-state index in [1.54, 1.807) is 4.31 Å². The monoisotopic (exact) mass is 288 g/mol. The minimum absolute atomic E-state index is 0.103. The first kappa shape index (κ1) is 13.3. The number of rotatable bonds is 3. The zero-order valence-corrected chi connectivity index (χ0v) is 11.7. The van der Waals surface area contributed by atoms with Gasteiger partial charge in [-0.05, 0) is 44.4 Å². The molecule has 7 heteroatoms. The van der Waals surface area contributed by atoms with Crippen molar-refractivity contribution in [2.45, 2.75) is 50.6 Å². The number of carbonyl (C=O) groups is 1. The highest BCUT2D eigenvalue weighted by molar-refractivity contribution is 7.86. The Labute approximate surface area is 113 Å². The van der Waals surface area contributed by atoms with E-state index in [-0.39, 0.29) is 6.04 Å². The van der Waals surface area contributed by atoms with Crippen LogP contribution in [0.2, 0.25) is 0 Å². The Bertz CT molecular complexity index is 478. The topological polar surface area (TPSA) is 77.9 Å². The number of carboxylic acid groups (broad SMARTS) is 1. The molecule has 3 aliphatic rings. The summed E-state index contributed by atoms with van der Waals surface area (Å²) in [7, 11) is -3.60. The highest BCUT2D eigenvalue weighted by Gasteiger charge is 2.48. The summed E-state index contributed by atoms with van der Waals surface area (Å²) in [5.41, 5.74) is 0. The normalized spacial score (nSPS) is 36.7. The highest BCUT2D eigenvalue weighted by Crippen LogP contribution is 2.40. The molecule has 1 aliphatic carbocycles. The summed E-state index contributed by atoms with van der Waals surface area (Å²) in [4.78, 5) is 11.3. The molecule has 3 unspecified atom stereocenters. The summed E-state index contributed by atoms with van der Waals surface area (Å²) in [6, 6.07) is -0.774. The van der Waals surface area contributed by atoms with Crippen LogP contribution in [-0.4, -0.2) is 53.3 Å². The molecule has 6 nitrogen and oxygen atoms in total. The van der Waals surface area contributed by atoms with Gasteiger partial charge in [0.2, 0.25) is 0 Å². The molecule has 1 N–H and O–H groups in total. The van der Waals surface area contributed by atoms with Gasteiger partial charge in [0.1, 0.15) is 6.04 Å². The SMILES string of the molecule is O=C(O)C1CCCCN1S(=O)(=O)N1CC2CCC1C2. The lowest BCUT2D eigenvalue weighted by molar-refractivity contribution is -0.142. The number of carboxylic acids is 1. The Hall–Kier alpha value is -0.660. The number of aliphatic carboxylic acids is 1. The number of nitrogens with zero attached hydrogens (tertiary/aromatic N) is 2. The fourth-order valence-corrected chi connectivity index (χ4v) is 5.84. The smallest absolute Gasteiger partial charge is 0.322 e. The van der Waals surface area contributed by atoms with Crippen molar-refractivity contribution >= 4 is 16.2 Å². The molecule has 0 aromatic rings. The van der Waals surface area contributed by atoms with Gasteiger partial charge in [0, 0.05) is 19.1 Å². The maximum absolute atomic E-state index is 12.7. The molecular weight excluding hydrogens is 268 g/mol. The van der Waals surface area contributed by atoms with Gasteiger partial charge in [0.15, 0.2) is 0 Å². The largest absolute Gasteiger partial charge is 0.480 e. The van der Waals surface area contributed by atoms with E-state index in [2.05, 4.69) is 0 Å². The van der Waals surface area contributed by atoms with Gasteiger partial charge in [-0.1, -0.05) is 0 Å². The van der Waals surface area contributed by atoms with Crippen LogP contribution in [0.3, 0.4) is 0 Å². The number of hydrogen-bond donors (Lipinski definition) is 1. The predicted molar refractivity (Wildman–Crippen MR) is 68.7 cm³/mol. The van der Waals surface area contributed by atoms with E-state index in [4.69, 9.17) is 0 Å². The Morgan fingerprint density at radius 1 is 1.11 bits per heavy atom. The van der Waals surface area contributed by atoms with E-state index in [9.17, 15) is 18.3 Å². The Morgan fingerprint density at radius 2 is 1.89 bits per heavy atom. The first-order chi connectivity index (χ1) is 9.00.